The molecule has 3 heterocycles. The van der Waals surface area contributed by atoms with Gasteiger partial charge in [0.1, 0.15) is 6.10 Å². The summed E-state index contributed by atoms with van der Waals surface area (Å²) < 4.78 is 20.9. The minimum atomic E-state index is -1.64. The predicted octanol–water partition coefficient (Wildman–Crippen LogP) is -1.01. The van der Waals surface area contributed by atoms with E-state index in [1.165, 1.54) is 6.92 Å². The van der Waals surface area contributed by atoms with E-state index in [4.69, 9.17) is 24.1 Å². The monoisotopic (exact) mass is 290 g/mol. The summed E-state index contributed by atoms with van der Waals surface area (Å²) in [6.45, 7) is 1.58. The van der Waals surface area contributed by atoms with E-state index < -0.39 is 36.9 Å². The number of hydrogen-bond acceptors (Lipinski definition) is 8. The van der Waals surface area contributed by atoms with Crippen LogP contribution < -0.4 is 0 Å². The Labute approximate surface area is 115 Å². The topological polar surface area (TPSA) is 115 Å². The van der Waals surface area contributed by atoms with E-state index in [1.807, 2.05) is 0 Å². The molecule has 20 heavy (non-hydrogen) atoms. The average molecular weight is 290 g/mol. The molecule has 8 heteroatoms. The van der Waals surface area contributed by atoms with Crippen molar-refractivity contribution in [2.75, 3.05) is 19.8 Å². The highest BCUT2D eigenvalue weighted by molar-refractivity contribution is 5.91. The summed E-state index contributed by atoms with van der Waals surface area (Å²) in [5.41, 5.74) is -1.87. The molecule has 114 valence electrons. The highest BCUT2D eigenvalue weighted by atomic mass is 17.0. The van der Waals surface area contributed by atoms with E-state index in [-0.39, 0.29) is 18.1 Å². The van der Waals surface area contributed by atoms with E-state index >= 15 is 0 Å². The first-order chi connectivity index (χ1) is 9.45. The molecule has 3 aliphatic heterocycles. The first kappa shape index (κ1) is 15.0. The van der Waals surface area contributed by atoms with Crippen LogP contribution in [-0.4, -0.2) is 58.8 Å². The number of carbonyl (C=O) groups excluding carboxylic acids is 1. The van der Waals surface area contributed by atoms with Crippen molar-refractivity contribution >= 4 is 5.97 Å². The highest BCUT2D eigenvalue weighted by Crippen LogP contribution is 2.49. The summed E-state index contributed by atoms with van der Waals surface area (Å²) >= 11 is 0. The first-order valence-corrected chi connectivity index (χ1v) is 6.32. The molecular formula is C12H18O8. The van der Waals surface area contributed by atoms with Gasteiger partial charge in [0.25, 0.3) is 0 Å². The smallest absolute Gasteiger partial charge is 0.376 e. The van der Waals surface area contributed by atoms with E-state index in [0.29, 0.717) is 6.42 Å². The number of hydrogen-bond donors (Lipinski definition) is 3. The van der Waals surface area contributed by atoms with Crippen LogP contribution >= 0.6 is 0 Å². The Morgan fingerprint density at radius 2 is 1.90 bits per heavy atom. The predicted molar refractivity (Wildman–Crippen MR) is 62.8 cm³/mol. The Kier molecular flexibility index (Phi) is 3.92. The molecule has 3 aliphatic rings. The normalized spacial score (nSPS) is 23.2. The molecule has 0 aromatic carbocycles. The molecule has 0 radical (unpaired) electrons. The van der Waals surface area contributed by atoms with E-state index in [1.54, 1.807) is 6.92 Å². The minimum Gasteiger partial charge on any atom is -0.457 e. The van der Waals surface area contributed by atoms with Gasteiger partial charge in [-0.2, -0.15) is 0 Å². The van der Waals surface area contributed by atoms with Gasteiger partial charge in [0.2, 0.25) is 0 Å². The van der Waals surface area contributed by atoms with Crippen molar-refractivity contribution in [1.29, 1.82) is 0 Å². The summed E-state index contributed by atoms with van der Waals surface area (Å²) in [5, 5.41) is 27.9. The van der Waals surface area contributed by atoms with Crippen LogP contribution in [0.3, 0.4) is 0 Å². The van der Waals surface area contributed by atoms with Gasteiger partial charge < -0.3 is 29.5 Å². The lowest BCUT2D eigenvalue weighted by atomic mass is 9.93. The summed E-state index contributed by atoms with van der Waals surface area (Å²) in [6.07, 6.45) is -0.434. The molecule has 2 bridgehead atoms. The number of rotatable bonds is 6. The van der Waals surface area contributed by atoms with Crippen molar-refractivity contribution < 1.29 is 39.1 Å². The molecule has 8 nitrogen and oxygen atoms in total. The molecule has 1 fully saturated rings. The highest BCUT2D eigenvalue weighted by Gasteiger charge is 2.63. The molecule has 1 unspecified atom stereocenters. The number of aliphatic hydroxyl groups is 3. The molecule has 1 saturated heterocycles. The summed E-state index contributed by atoms with van der Waals surface area (Å²) in [6, 6.07) is 0. The fourth-order valence-corrected chi connectivity index (χ4v) is 2.01. The standard InChI is InChI=1S/C12H18O8/c1-3-12-18-10(19-12)8(9(16)17-7(2)4-13)11(5-14,6-15)20-12/h7,13-15H,3-6H2,1-2H3. The van der Waals surface area contributed by atoms with Gasteiger partial charge in [-0.15, -0.1) is 0 Å². The Balaban J connectivity index is 2.31. The molecule has 0 aromatic heterocycles. The Bertz CT molecular complexity index is 417. The van der Waals surface area contributed by atoms with Gasteiger partial charge in [0.05, 0.1) is 26.2 Å². The summed E-state index contributed by atoms with van der Waals surface area (Å²) in [5.74, 6) is -2.39. The molecule has 0 saturated carbocycles. The molecule has 3 rings (SSSR count). The van der Waals surface area contributed by atoms with Crippen LogP contribution in [-0.2, 0) is 23.7 Å². The molecule has 0 aliphatic carbocycles. The SMILES string of the molecule is CCC12OC(=C(C(=O)OC(C)CO)C(CO)(CO)O1)O2. The quantitative estimate of drug-likeness (QED) is 0.533. The van der Waals surface area contributed by atoms with Crippen molar-refractivity contribution in [3.8, 4) is 0 Å². The molecule has 1 atom stereocenters. The lowest BCUT2D eigenvalue weighted by Crippen LogP contribution is -2.64. The average Bonchev–Trinajstić information content (AvgIpc) is 2.44. The largest absolute Gasteiger partial charge is 0.457 e. The van der Waals surface area contributed by atoms with Gasteiger partial charge in [-0.1, -0.05) is 6.92 Å². The third-order valence-corrected chi connectivity index (χ3v) is 3.22. The van der Waals surface area contributed by atoms with Crippen molar-refractivity contribution in [2.45, 2.75) is 37.9 Å². The zero-order valence-corrected chi connectivity index (χ0v) is 11.3. The van der Waals surface area contributed by atoms with Crippen LogP contribution in [0.2, 0.25) is 0 Å². The maximum atomic E-state index is 12.1. The second-order valence-corrected chi connectivity index (χ2v) is 4.71. The van der Waals surface area contributed by atoms with Gasteiger partial charge in [0.15, 0.2) is 11.2 Å². The molecule has 3 N–H and O–H groups in total. The Hall–Kier alpha value is -1.35. The van der Waals surface area contributed by atoms with Crippen LogP contribution in [0.4, 0.5) is 0 Å². The van der Waals surface area contributed by atoms with Crippen LogP contribution in [0.25, 0.3) is 0 Å². The molecular weight excluding hydrogens is 272 g/mol. The van der Waals surface area contributed by atoms with Crippen LogP contribution in [0, 0.1) is 0 Å². The minimum absolute atomic E-state index is 0.128. The number of fused-ring (bicyclic) bond motifs is 2. The van der Waals surface area contributed by atoms with Crippen LogP contribution in [0.1, 0.15) is 20.3 Å². The summed E-state index contributed by atoms with van der Waals surface area (Å²) in [7, 11) is 0. The molecule has 0 spiro atoms. The van der Waals surface area contributed by atoms with Gasteiger partial charge in [-0.25, -0.2) is 4.79 Å². The Morgan fingerprint density at radius 1 is 1.30 bits per heavy atom. The third kappa shape index (κ3) is 2.14. The lowest BCUT2D eigenvalue weighted by molar-refractivity contribution is -0.496. The fourth-order valence-electron chi connectivity index (χ4n) is 2.01. The van der Waals surface area contributed by atoms with Crippen molar-refractivity contribution in [3.63, 3.8) is 0 Å². The second kappa shape index (κ2) is 5.21. The third-order valence-electron chi connectivity index (χ3n) is 3.22. The number of ether oxygens (including phenoxy) is 4. The van der Waals surface area contributed by atoms with E-state index in [2.05, 4.69) is 0 Å². The molecule has 0 aromatic rings. The maximum absolute atomic E-state index is 12.1. The van der Waals surface area contributed by atoms with Crippen molar-refractivity contribution in [2.24, 2.45) is 0 Å². The zero-order valence-electron chi connectivity index (χ0n) is 11.3. The van der Waals surface area contributed by atoms with Gasteiger partial charge in [0, 0.05) is 0 Å². The Morgan fingerprint density at radius 3 is 2.35 bits per heavy atom. The van der Waals surface area contributed by atoms with Crippen LogP contribution in [0.5, 0.6) is 0 Å². The van der Waals surface area contributed by atoms with Crippen LogP contribution in [0.15, 0.2) is 11.5 Å². The fraction of sp³-hybridized carbons (Fsp3) is 0.750. The van der Waals surface area contributed by atoms with Crippen molar-refractivity contribution in [3.05, 3.63) is 11.5 Å². The summed E-state index contributed by atoms with van der Waals surface area (Å²) in [4.78, 5) is 12.1. The lowest BCUT2D eigenvalue weighted by Gasteiger charge is -2.52. The number of carbonyl (C=O) groups is 1. The first-order valence-electron chi connectivity index (χ1n) is 6.32. The zero-order chi connectivity index (χ0) is 15.0. The van der Waals surface area contributed by atoms with Gasteiger partial charge in [-0.05, 0) is 6.92 Å². The van der Waals surface area contributed by atoms with Gasteiger partial charge in [-0.3, -0.25) is 4.74 Å². The van der Waals surface area contributed by atoms with Crippen molar-refractivity contribution in [1.82, 2.24) is 0 Å². The number of esters is 1. The maximum Gasteiger partial charge on any atom is 0.376 e. The van der Waals surface area contributed by atoms with E-state index in [0.717, 1.165) is 0 Å². The second-order valence-electron chi connectivity index (χ2n) is 4.71. The number of aliphatic hydroxyl groups excluding tert-OH is 3. The van der Waals surface area contributed by atoms with E-state index in [9.17, 15) is 15.0 Å². The van der Waals surface area contributed by atoms with Gasteiger partial charge >= 0.3 is 17.9 Å². The molecule has 0 amide bonds.